The number of fused-ring (bicyclic) bond motifs is 1. The number of carbonyl (C=O) groups excluding carboxylic acids is 2. The van der Waals surface area contributed by atoms with Crippen LogP contribution in [-0.2, 0) is 9.53 Å². The molecule has 0 aliphatic heterocycles. The molecule has 0 radical (unpaired) electrons. The molecule has 8 nitrogen and oxygen atoms in total. The highest BCUT2D eigenvalue weighted by Gasteiger charge is 2.32. The van der Waals surface area contributed by atoms with E-state index in [1.165, 1.54) is 12.1 Å². The first-order valence-corrected chi connectivity index (χ1v) is 10.9. The standard InChI is InChI=1S/C24H27FN4O4/c1-24(2,3)33-23(31)29-15-5-4-14(12-15)22(30)28-16-6-7-20(18(25)13-16)32-19-9-11-27-21-17(19)8-10-26-21/h6-11,13-15H,4-5,12H2,1-3H3,(H,26,27)(H,28,30)(H,29,31). The SMILES string of the molecule is CC(C)(C)OC(=O)NC1CCC(C(=O)Nc2ccc(Oc3ccnc4[nH]ccc34)c(F)c2)C1. The highest BCUT2D eigenvalue weighted by molar-refractivity contribution is 5.93. The molecular formula is C24H27FN4O4. The molecule has 0 bridgehead atoms. The van der Waals surface area contributed by atoms with Gasteiger partial charge >= 0.3 is 6.09 Å². The smallest absolute Gasteiger partial charge is 0.407 e. The van der Waals surface area contributed by atoms with Crippen LogP contribution in [0.4, 0.5) is 14.9 Å². The molecule has 3 aromatic rings. The average molecular weight is 455 g/mol. The van der Waals surface area contributed by atoms with Crippen LogP contribution in [0.2, 0.25) is 0 Å². The lowest BCUT2D eigenvalue weighted by Gasteiger charge is -2.21. The van der Waals surface area contributed by atoms with Crippen LogP contribution in [-0.4, -0.2) is 33.6 Å². The molecular weight excluding hydrogens is 427 g/mol. The van der Waals surface area contributed by atoms with Crippen molar-refractivity contribution in [2.75, 3.05) is 5.32 Å². The number of rotatable bonds is 5. The monoisotopic (exact) mass is 454 g/mol. The van der Waals surface area contributed by atoms with Crippen molar-refractivity contribution < 1.29 is 23.5 Å². The molecule has 9 heteroatoms. The highest BCUT2D eigenvalue weighted by Crippen LogP contribution is 2.32. The van der Waals surface area contributed by atoms with Gasteiger partial charge in [0, 0.05) is 36.1 Å². The van der Waals surface area contributed by atoms with E-state index in [0.717, 1.165) is 5.39 Å². The Kier molecular flexibility index (Phi) is 6.22. The van der Waals surface area contributed by atoms with Gasteiger partial charge in [-0.15, -0.1) is 0 Å². The van der Waals surface area contributed by atoms with Crippen LogP contribution in [0.25, 0.3) is 11.0 Å². The van der Waals surface area contributed by atoms with E-state index in [2.05, 4.69) is 20.6 Å². The molecule has 2 amide bonds. The minimum Gasteiger partial charge on any atom is -0.453 e. The Morgan fingerprint density at radius 1 is 1.15 bits per heavy atom. The van der Waals surface area contributed by atoms with E-state index in [0.29, 0.717) is 36.3 Å². The van der Waals surface area contributed by atoms with Gasteiger partial charge in [-0.25, -0.2) is 14.2 Å². The number of anilines is 1. The van der Waals surface area contributed by atoms with Crippen molar-refractivity contribution in [3.05, 3.63) is 48.5 Å². The van der Waals surface area contributed by atoms with Crippen molar-refractivity contribution >= 4 is 28.7 Å². The molecule has 1 fully saturated rings. The van der Waals surface area contributed by atoms with Crippen molar-refractivity contribution in [1.82, 2.24) is 15.3 Å². The molecule has 1 aliphatic rings. The number of aromatic nitrogens is 2. The molecule has 2 unspecified atom stereocenters. The number of nitrogens with zero attached hydrogens (tertiary/aromatic N) is 1. The number of nitrogens with one attached hydrogen (secondary N) is 3. The minimum atomic E-state index is -0.593. The lowest BCUT2D eigenvalue weighted by Crippen LogP contribution is -2.38. The molecule has 0 saturated heterocycles. The molecule has 33 heavy (non-hydrogen) atoms. The van der Waals surface area contributed by atoms with Gasteiger partial charge in [-0.1, -0.05) is 0 Å². The summed E-state index contributed by atoms with van der Waals surface area (Å²) in [5.41, 5.74) is 0.410. The van der Waals surface area contributed by atoms with Gasteiger partial charge in [-0.3, -0.25) is 4.79 Å². The fourth-order valence-corrected chi connectivity index (χ4v) is 3.87. The second-order valence-corrected chi connectivity index (χ2v) is 9.14. The van der Waals surface area contributed by atoms with E-state index in [9.17, 15) is 14.0 Å². The number of alkyl carbamates (subject to hydrolysis) is 1. The summed E-state index contributed by atoms with van der Waals surface area (Å²) in [6.45, 7) is 5.39. The maximum Gasteiger partial charge on any atom is 0.407 e. The van der Waals surface area contributed by atoms with Crippen molar-refractivity contribution in [3.8, 4) is 11.5 Å². The zero-order valence-corrected chi connectivity index (χ0v) is 18.8. The number of benzene rings is 1. The Balaban J connectivity index is 1.34. The predicted molar refractivity (Wildman–Crippen MR) is 122 cm³/mol. The third-order valence-corrected chi connectivity index (χ3v) is 5.36. The van der Waals surface area contributed by atoms with Crippen LogP contribution in [0.5, 0.6) is 11.5 Å². The summed E-state index contributed by atoms with van der Waals surface area (Å²) in [5.74, 6) is -0.554. The number of ether oxygens (including phenoxy) is 2. The van der Waals surface area contributed by atoms with E-state index in [-0.39, 0.29) is 23.6 Å². The summed E-state index contributed by atoms with van der Waals surface area (Å²) >= 11 is 0. The third kappa shape index (κ3) is 5.60. The van der Waals surface area contributed by atoms with E-state index in [4.69, 9.17) is 9.47 Å². The van der Waals surface area contributed by atoms with Crippen LogP contribution < -0.4 is 15.4 Å². The largest absolute Gasteiger partial charge is 0.453 e. The van der Waals surface area contributed by atoms with Crippen molar-refractivity contribution in [2.24, 2.45) is 5.92 Å². The first kappa shape index (κ1) is 22.6. The normalized spacial score (nSPS) is 18.2. The Labute approximate surface area is 190 Å². The molecule has 3 N–H and O–H groups in total. The molecule has 0 spiro atoms. The van der Waals surface area contributed by atoms with Gasteiger partial charge in [0.2, 0.25) is 5.91 Å². The molecule has 2 aromatic heterocycles. The summed E-state index contributed by atoms with van der Waals surface area (Å²) < 4.78 is 25.7. The topological polar surface area (TPSA) is 105 Å². The number of hydrogen-bond acceptors (Lipinski definition) is 5. The minimum absolute atomic E-state index is 0.0455. The highest BCUT2D eigenvalue weighted by atomic mass is 19.1. The van der Waals surface area contributed by atoms with Gasteiger partial charge in [-0.05, 0) is 64.3 Å². The second kappa shape index (κ2) is 9.09. The number of halogens is 1. The van der Waals surface area contributed by atoms with Crippen LogP contribution in [0.1, 0.15) is 40.0 Å². The Bertz CT molecular complexity index is 1170. The van der Waals surface area contributed by atoms with Crippen LogP contribution in [0.15, 0.2) is 42.7 Å². The number of aromatic amines is 1. The van der Waals surface area contributed by atoms with E-state index in [1.807, 2.05) is 0 Å². The number of amides is 2. The molecule has 174 valence electrons. The average Bonchev–Trinajstić information content (AvgIpc) is 3.38. The predicted octanol–water partition coefficient (Wildman–Crippen LogP) is 5.13. The molecule has 4 rings (SSSR count). The van der Waals surface area contributed by atoms with Crippen LogP contribution in [0, 0.1) is 11.7 Å². The lowest BCUT2D eigenvalue weighted by atomic mass is 10.1. The van der Waals surface area contributed by atoms with E-state index < -0.39 is 17.5 Å². The maximum absolute atomic E-state index is 14.7. The van der Waals surface area contributed by atoms with E-state index >= 15 is 0 Å². The Morgan fingerprint density at radius 2 is 1.97 bits per heavy atom. The lowest BCUT2D eigenvalue weighted by molar-refractivity contribution is -0.119. The molecule has 2 atom stereocenters. The first-order valence-electron chi connectivity index (χ1n) is 10.9. The number of pyridine rings is 1. The molecule has 2 heterocycles. The van der Waals surface area contributed by atoms with Crippen molar-refractivity contribution in [3.63, 3.8) is 0 Å². The maximum atomic E-state index is 14.7. The summed E-state index contributed by atoms with van der Waals surface area (Å²) in [5, 5.41) is 6.31. The molecule has 1 aliphatic carbocycles. The van der Waals surface area contributed by atoms with Crippen molar-refractivity contribution in [2.45, 2.75) is 51.7 Å². The summed E-state index contributed by atoms with van der Waals surface area (Å²) in [6, 6.07) is 7.63. The van der Waals surface area contributed by atoms with Crippen LogP contribution >= 0.6 is 0 Å². The van der Waals surface area contributed by atoms with Crippen LogP contribution in [0.3, 0.4) is 0 Å². The van der Waals surface area contributed by atoms with Crippen molar-refractivity contribution in [1.29, 1.82) is 0 Å². The van der Waals surface area contributed by atoms with E-state index in [1.54, 1.807) is 51.4 Å². The van der Waals surface area contributed by atoms with Gasteiger partial charge in [-0.2, -0.15) is 0 Å². The molecule has 1 saturated carbocycles. The summed E-state index contributed by atoms with van der Waals surface area (Å²) in [7, 11) is 0. The second-order valence-electron chi connectivity index (χ2n) is 9.14. The van der Waals surface area contributed by atoms with Gasteiger partial charge in [0.25, 0.3) is 0 Å². The quantitative estimate of drug-likeness (QED) is 0.496. The van der Waals surface area contributed by atoms with Gasteiger partial charge in [0.05, 0.1) is 5.39 Å². The summed E-state index contributed by atoms with van der Waals surface area (Å²) in [4.78, 5) is 31.8. The zero-order valence-electron chi connectivity index (χ0n) is 18.8. The van der Waals surface area contributed by atoms with Gasteiger partial charge in [0.15, 0.2) is 11.6 Å². The first-order chi connectivity index (χ1) is 15.7. The number of hydrogen-bond donors (Lipinski definition) is 3. The zero-order chi connectivity index (χ0) is 23.6. The fourth-order valence-electron chi connectivity index (χ4n) is 3.87. The third-order valence-electron chi connectivity index (χ3n) is 5.36. The van der Waals surface area contributed by atoms with Gasteiger partial charge in [0.1, 0.15) is 17.0 Å². The Hall–Kier alpha value is -3.62. The Morgan fingerprint density at radius 3 is 2.73 bits per heavy atom. The summed E-state index contributed by atoms with van der Waals surface area (Å²) in [6.07, 6.45) is 4.63. The number of H-pyrrole nitrogens is 1. The molecule has 1 aromatic carbocycles. The fraction of sp³-hybridized carbons (Fsp3) is 0.375. The number of carbonyl (C=O) groups is 2. The van der Waals surface area contributed by atoms with Gasteiger partial charge < -0.3 is 25.1 Å².